The van der Waals surface area contributed by atoms with Crippen LogP contribution < -0.4 is 5.32 Å². The number of ketones is 1. The number of benzene rings is 2. The molecule has 2 aliphatic rings. The van der Waals surface area contributed by atoms with Crippen LogP contribution in [-0.4, -0.2) is 16.5 Å². The van der Waals surface area contributed by atoms with Gasteiger partial charge in [-0.25, -0.2) is 0 Å². The smallest absolute Gasteiger partial charge is 0.232 e. The molecule has 0 spiro atoms. The number of halogens is 1. The molecular formula is C21H22BrNO2. The fourth-order valence-corrected chi connectivity index (χ4v) is 6.54. The second-order valence-corrected chi connectivity index (χ2v) is 9.05. The summed E-state index contributed by atoms with van der Waals surface area (Å²) in [4.78, 5) is 25.9. The van der Waals surface area contributed by atoms with Crippen LogP contribution in [0.1, 0.15) is 33.6 Å². The Hall–Kier alpha value is -1.68. The predicted octanol–water partition coefficient (Wildman–Crippen LogP) is 4.94. The van der Waals surface area contributed by atoms with E-state index in [0.717, 1.165) is 29.3 Å². The van der Waals surface area contributed by atoms with Gasteiger partial charge in [-0.15, -0.1) is 0 Å². The van der Waals surface area contributed by atoms with Gasteiger partial charge in [0.25, 0.3) is 0 Å². The van der Waals surface area contributed by atoms with Gasteiger partial charge in [-0.3, -0.25) is 9.59 Å². The first-order valence-corrected chi connectivity index (χ1v) is 9.65. The van der Waals surface area contributed by atoms with Gasteiger partial charge in [0.2, 0.25) is 5.91 Å². The second kappa shape index (κ2) is 5.16. The molecule has 3 nitrogen and oxygen atoms in total. The molecule has 130 valence electrons. The molecule has 4 heteroatoms. The minimum absolute atomic E-state index is 0.0506. The summed E-state index contributed by atoms with van der Waals surface area (Å²) in [6, 6.07) is 13.9. The Bertz CT molecular complexity index is 900. The molecule has 1 N–H and O–H groups in total. The molecule has 2 aromatic carbocycles. The van der Waals surface area contributed by atoms with Crippen LogP contribution in [0.3, 0.4) is 0 Å². The lowest BCUT2D eigenvalue weighted by molar-refractivity contribution is -0.130. The van der Waals surface area contributed by atoms with Crippen molar-refractivity contribution < 1.29 is 9.59 Å². The molecule has 0 unspecified atom stereocenters. The fraction of sp³-hybridized carbons (Fsp3) is 0.429. The lowest BCUT2D eigenvalue weighted by atomic mass is 9.64. The summed E-state index contributed by atoms with van der Waals surface area (Å²) in [6.45, 7) is 6.16. The zero-order chi connectivity index (χ0) is 18.0. The normalized spacial score (nSPS) is 33.0. The Balaban J connectivity index is 1.78. The molecule has 2 fully saturated rings. The Morgan fingerprint density at radius 3 is 2.44 bits per heavy atom. The molecule has 2 aliphatic carbocycles. The molecule has 2 saturated carbocycles. The van der Waals surface area contributed by atoms with Crippen LogP contribution in [0.25, 0.3) is 10.8 Å². The Morgan fingerprint density at radius 2 is 1.76 bits per heavy atom. The molecule has 0 radical (unpaired) electrons. The monoisotopic (exact) mass is 399 g/mol. The van der Waals surface area contributed by atoms with Gasteiger partial charge in [0.05, 0.1) is 10.2 Å². The summed E-state index contributed by atoms with van der Waals surface area (Å²) in [5, 5.41) is 5.25. The maximum Gasteiger partial charge on any atom is 0.232 e. The quantitative estimate of drug-likeness (QED) is 0.726. The van der Waals surface area contributed by atoms with Crippen LogP contribution in [0, 0.1) is 16.2 Å². The van der Waals surface area contributed by atoms with Gasteiger partial charge >= 0.3 is 0 Å². The van der Waals surface area contributed by atoms with E-state index in [1.807, 2.05) is 49.4 Å². The van der Waals surface area contributed by atoms with Gasteiger partial charge in [0.1, 0.15) is 0 Å². The van der Waals surface area contributed by atoms with Crippen molar-refractivity contribution in [3.8, 4) is 0 Å². The topological polar surface area (TPSA) is 46.2 Å². The number of hydrogen-bond donors (Lipinski definition) is 1. The van der Waals surface area contributed by atoms with Gasteiger partial charge in [-0.2, -0.15) is 0 Å². The lowest BCUT2D eigenvalue weighted by Gasteiger charge is -2.39. The van der Waals surface area contributed by atoms with Crippen LogP contribution in [0.4, 0.5) is 5.69 Å². The van der Waals surface area contributed by atoms with Gasteiger partial charge in [-0.1, -0.05) is 73.1 Å². The van der Waals surface area contributed by atoms with Crippen molar-refractivity contribution in [2.24, 2.45) is 16.2 Å². The van der Waals surface area contributed by atoms with Gasteiger partial charge in [-0.05, 0) is 29.7 Å². The Kier molecular flexibility index (Phi) is 3.46. The summed E-state index contributed by atoms with van der Waals surface area (Å²) in [6.07, 6.45) is 1.50. The van der Waals surface area contributed by atoms with E-state index in [-0.39, 0.29) is 17.1 Å². The van der Waals surface area contributed by atoms with E-state index in [1.165, 1.54) is 0 Å². The van der Waals surface area contributed by atoms with Crippen LogP contribution in [-0.2, 0) is 9.59 Å². The SMILES string of the molecule is CC1(C)[C@@]2(C)CC[C@]1(C(=O)Nc1cccc3ccccc13)[C@H](Br)C2=O. The first kappa shape index (κ1) is 16.8. The molecule has 2 bridgehead atoms. The Labute approximate surface area is 156 Å². The summed E-state index contributed by atoms with van der Waals surface area (Å²) >= 11 is 3.58. The van der Waals surface area contributed by atoms with E-state index >= 15 is 0 Å². The number of Topliss-reactive ketones (excluding diaryl/α,β-unsaturated/α-hetero) is 1. The van der Waals surface area contributed by atoms with Crippen molar-refractivity contribution in [2.75, 3.05) is 5.32 Å². The van der Waals surface area contributed by atoms with Crippen molar-refractivity contribution >= 4 is 44.1 Å². The summed E-state index contributed by atoms with van der Waals surface area (Å²) in [7, 11) is 0. The molecular weight excluding hydrogens is 378 g/mol. The molecule has 25 heavy (non-hydrogen) atoms. The summed E-state index contributed by atoms with van der Waals surface area (Å²) < 4.78 is 0. The van der Waals surface area contributed by atoms with E-state index in [1.54, 1.807) is 0 Å². The fourth-order valence-electron chi connectivity index (χ4n) is 5.02. The van der Waals surface area contributed by atoms with E-state index in [2.05, 4.69) is 35.1 Å². The highest BCUT2D eigenvalue weighted by Crippen LogP contribution is 2.72. The molecule has 0 aromatic heterocycles. The molecule has 0 aliphatic heterocycles. The number of anilines is 1. The van der Waals surface area contributed by atoms with Crippen molar-refractivity contribution in [1.82, 2.24) is 0 Å². The third-order valence-electron chi connectivity index (χ3n) is 7.16. The van der Waals surface area contributed by atoms with Crippen LogP contribution in [0.5, 0.6) is 0 Å². The molecule has 3 atom stereocenters. The van der Waals surface area contributed by atoms with Crippen LogP contribution >= 0.6 is 15.9 Å². The molecule has 1 amide bonds. The summed E-state index contributed by atoms with van der Waals surface area (Å²) in [5.74, 6) is 0.113. The standard InChI is InChI=1S/C21H22BrNO2/c1-19(2)20(3)11-12-21(19,16(22)17(20)24)18(25)23-15-10-6-8-13-7-4-5-9-14(13)15/h4-10,16H,11-12H2,1-3H3,(H,23,25)/t16-,20+,21-/m1/s1. The molecule has 4 rings (SSSR count). The number of nitrogens with one attached hydrogen (secondary N) is 1. The van der Waals surface area contributed by atoms with Crippen molar-refractivity contribution in [3.05, 3.63) is 42.5 Å². The number of carbonyl (C=O) groups is 2. The maximum absolute atomic E-state index is 13.5. The summed E-state index contributed by atoms with van der Waals surface area (Å²) in [5.41, 5.74) is -0.742. The van der Waals surface area contributed by atoms with Gasteiger partial charge < -0.3 is 5.32 Å². The largest absolute Gasteiger partial charge is 0.325 e. The van der Waals surface area contributed by atoms with Crippen molar-refractivity contribution in [1.29, 1.82) is 0 Å². The molecule has 0 saturated heterocycles. The number of alkyl halides is 1. The van der Waals surface area contributed by atoms with Gasteiger partial charge in [0.15, 0.2) is 5.78 Å². The van der Waals surface area contributed by atoms with Gasteiger partial charge in [0, 0.05) is 16.5 Å². The highest BCUT2D eigenvalue weighted by Gasteiger charge is 2.76. The van der Waals surface area contributed by atoms with E-state index in [4.69, 9.17) is 0 Å². The average molecular weight is 400 g/mol. The minimum atomic E-state index is -0.713. The highest BCUT2D eigenvalue weighted by atomic mass is 79.9. The third kappa shape index (κ3) is 1.86. The zero-order valence-corrected chi connectivity index (χ0v) is 16.3. The van der Waals surface area contributed by atoms with Crippen molar-refractivity contribution in [2.45, 2.75) is 38.4 Å². The number of carbonyl (C=O) groups excluding carboxylic acids is 2. The predicted molar refractivity (Wildman–Crippen MR) is 104 cm³/mol. The Morgan fingerprint density at radius 1 is 1.08 bits per heavy atom. The van der Waals surface area contributed by atoms with E-state index in [0.29, 0.717) is 0 Å². The molecule has 0 heterocycles. The van der Waals surface area contributed by atoms with E-state index < -0.39 is 15.7 Å². The number of amides is 1. The average Bonchev–Trinajstić information content (AvgIpc) is 2.87. The third-order valence-corrected chi connectivity index (χ3v) is 8.36. The highest BCUT2D eigenvalue weighted by molar-refractivity contribution is 9.10. The minimum Gasteiger partial charge on any atom is -0.325 e. The number of hydrogen-bond acceptors (Lipinski definition) is 2. The first-order chi connectivity index (χ1) is 11.8. The maximum atomic E-state index is 13.5. The first-order valence-electron chi connectivity index (χ1n) is 8.73. The lowest BCUT2D eigenvalue weighted by Crippen LogP contribution is -2.48. The number of fused-ring (bicyclic) bond motifs is 3. The zero-order valence-electron chi connectivity index (χ0n) is 14.7. The second-order valence-electron chi connectivity index (χ2n) is 8.14. The van der Waals surface area contributed by atoms with Crippen molar-refractivity contribution in [3.63, 3.8) is 0 Å². The van der Waals surface area contributed by atoms with Crippen LogP contribution in [0.2, 0.25) is 0 Å². The van der Waals surface area contributed by atoms with E-state index in [9.17, 15) is 9.59 Å². The number of rotatable bonds is 2. The molecule has 2 aromatic rings. The van der Waals surface area contributed by atoms with Crippen LogP contribution in [0.15, 0.2) is 42.5 Å².